The molecule has 6 nitrogen and oxygen atoms in total. The first-order valence-electron chi connectivity index (χ1n) is 9.93. The zero-order valence-electron chi connectivity index (χ0n) is 18.9. The van der Waals surface area contributed by atoms with Crippen molar-refractivity contribution in [1.29, 1.82) is 5.26 Å². The van der Waals surface area contributed by atoms with E-state index < -0.39 is 46.2 Å². The Morgan fingerprint density at radius 1 is 0.941 bits per heavy atom. The summed E-state index contributed by atoms with van der Waals surface area (Å²) in [5.74, 6) is -5.17. The van der Waals surface area contributed by atoms with Gasteiger partial charge in [0.2, 0.25) is 5.41 Å². The number of hydrogen-bond acceptors (Lipinski definition) is 6. The summed E-state index contributed by atoms with van der Waals surface area (Å²) < 4.78 is 50.1. The largest absolute Gasteiger partial charge is 0.490 e. The molecule has 34 heavy (non-hydrogen) atoms. The lowest BCUT2D eigenvalue weighted by Gasteiger charge is -2.26. The highest BCUT2D eigenvalue weighted by atomic mass is 19.4. The van der Waals surface area contributed by atoms with Crippen molar-refractivity contribution in [1.82, 2.24) is 0 Å². The molecule has 0 radical (unpaired) electrons. The number of alkyl halides is 3. The van der Waals surface area contributed by atoms with Gasteiger partial charge in [-0.05, 0) is 29.2 Å². The van der Waals surface area contributed by atoms with Crippen molar-refractivity contribution in [3.8, 4) is 6.07 Å². The predicted octanol–water partition coefficient (Wildman–Crippen LogP) is 4.88. The van der Waals surface area contributed by atoms with Gasteiger partial charge in [-0.25, -0.2) is 9.59 Å². The number of methoxy groups -OCH3 is 1. The normalized spacial score (nSPS) is 13.2. The third-order valence-electron chi connectivity index (χ3n) is 5.13. The first-order valence-corrected chi connectivity index (χ1v) is 9.93. The molecule has 0 amide bonds. The van der Waals surface area contributed by atoms with E-state index in [4.69, 9.17) is 0 Å². The molecular weight excluding hydrogens is 451 g/mol. The van der Waals surface area contributed by atoms with E-state index in [1.54, 1.807) is 0 Å². The molecule has 0 saturated heterocycles. The van der Waals surface area contributed by atoms with E-state index in [2.05, 4.69) is 16.1 Å². The number of benzene rings is 2. The Morgan fingerprint density at radius 3 is 1.94 bits per heavy atom. The molecule has 0 saturated carbocycles. The first kappa shape index (κ1) is 26.3. The summed E-state index contributed by atoms with van der Waals surface area (Å²) in [4.78, 5) is 38.7. The second kappa shape index (κ2) is 9.51. The molecule has 2 rings (SSSR count). The van der Waals surface area contributed by atoms with Crippen LogP contribution in [-0.2, 0) is 36.1 Å². The molecule has 0 N–H and O–H groups in total. The number of nitriles is 1. The zero-order valence-corrected chi connectivity index (χ0v) is 18.9. The van der Waals surface area contributed by atoms with Crippen molar-refractivity contribution in [3.05, 3.63) is 83.1 Å². The molecule has 0 aliphatic heterocycles. The fourth-order valence-electron chi connectivity index (χ4n) is 3.15. The molecule has 0 spiro atoms. The van der Waals surface area contributed by atoms with Gasteiger partial charge in [-0.2, -0.15) is 18.4 Å². The maximum atomic E-state index is 13.6. The number of rotatable bonds is 6. The van der Waals surface area contributed by atoms with Crippen molar-refractivity contribution in [3.63, 3.8) is 0 Å². The minimum absolute atomic E-state index is 0.259. The molecule has 2 aromatic carbocycles. The van der Waals surface area contributed by atoms with E-state index in [9.17, 15) is 32.8 Å². The molecule has 1 atom stereocenters. The third kappa shape index (κ3) is 5.01. The van der Waals surface area contributed by atoms with E-state index >= 15 is 0 Å². The summed E-state index contributed by atoms with van der Waals surface area (Å²) in [5, 5.41) is 10.0. The Labute approximate surface area is 194 Å². The number of esters is 2. The van der Waals surface area contributed by atoms with Gasteiger partial charge in [-0.3, -0.25) is 4.79 Å². The van der Waals surface area contributed by atoms with E-state index in [0.29, 0.717) is 6.07 Å². The first-order chi connectivity index (χ1) is 15.7. The van der Waals surface area contributed by atoms with Crippen LogP contribution in [0.15, 0.2) is 60.9 Å². The fraction of sp³-hybridized carbons (Fsp3) is 0.280. The van der Waals surface area contributed by atoms with Gasteiger partial charge in [0.1, 0.15) is 0 Å². The zero-order chi connectivity index (χ0) is 25.9. The number of Topliss-reactive ketones (excluding diaryl/α,β-unsaturated/α-hetero) is 1. The van der Waals surface area contributed by atoms with Crippen molar-refractivity contribution in [2.75, 3.05) is 7.11 Å². The second-order valence-electron chi connectivity index (χ2n) is 8.37. The van der Waals surface area contributed by atoms with Crippen molar-refractivity contribution in [2.24, 2.45) is 0 Å². The molecule has 0 aromatic heterocycles. The van der Waals surface area contributed by atoms with Crippen LogP contribution in [0, 0.1) is 11.3 Å². The Hall–Kier alpha value is -3.93. The number of ether oxygens (including phenoxy) is 2. The lowest BCUT2D eigenvalue weighted by atomic mass is 9.73. The molecule has 0 fully saturated rings. The van der Waals surface area contributed by atoms with Gasteiger partial charge in [0, 0.05) is 5.56 Å². The van der Waals surface area contributed by atoms with Crippen LogP contribution in [0.5, 0.6) is 0 Å². The van der Waals surface area contributed by atoms with Crippen molar-refractivity contribution < 1.29 is 37.0 Å². The van der Waals surface area contributed by atoms with Crippen LogP contribution in [0.2, 0.25) is 0 Å². The molecular formula is C25H22F3NO5. The second-order valence-corrected chi connectivity index (χ2v) is 8.37. The summed E-state index contributed by atoms with van der Waals surface area (Å²) in [6.45, 7) is 8.92. The molecule has 1 unspecified atom stereocenters. The number of carbonyl (C=O) groups is 3. The van der Waals surface area contributed by atoms with Crippen LogP contribution < -0.4 is 0 Å². The van der Waals surface area contributed by atoms with Crippen LogP contribution in [0.25, 0.3) is 0 Å². The number of hydrogen-bond donors (Lipinski definition) is 0. The van der Waals surface area contributed by atoms with E-state index in [-0.39, 0.29) is 11.0 Å². The lowest BCUT2D eigenvalue weighted by Crippen LogP contribution is -2.45. The highest BCUT2D eigenvalue weighted by molar-refractivity contribution is 6.22. The Kier molecular flexibility index (Phi) is 7.36. The van der Waals surface area contributed by atoms with Gasteiger partial charge in [-0.1, -0.05) is 63.2 Å². The number of halogens is 3. The van der Waals surface area contributed by atoms with Crippen LogP contribution in [0.4, 0.5) is 13.2 Å². The molecule has 178 valence electrons. The smallest absolute Gasteiger partial charge is 0.417 e. The topological polar surface area (TPSA) is 93.5 Å². The van der Waals surface area contributed by atoms with Crippen LogP contribution in [0.1, 0.15) is 47.8 Å². The van der Waals surface area contributed by atoms with Crippen molar-refractivity contribution in [2.45, 2.75) is 37.8 Å². The van der Waals surface area contributed by atoms with Crippen LogP contribution in [-0.4, -0.2) is 24.8 Å². The molecule has 0 bridgehead atoms. The Morgan fingerprint density at radius 2 is 1.47 bits per heavy atom. The van der Waals surface area contributed by atoms with Gasteiger partial charge in [0.25, 0.3) is 0 Å². The Bertz CT molecular complexity index is 1170. The number of ketones is 1. The summed E-state index contributed by atoms with van der Waals surface area (Å²) in [6.07, 6.45) is -4.95. The number of nitrogens with zero attached hydrogens (tertiary/aromatic N) is 1. The molecule has 2 aromatic rings. The molecule has 0 heterocycles. The Balaban J connectivity index is 2.78. The van der Waals surface area contributed by atoms with Crippen molar-refractivity contribution >= 4 is 17.7 Å². The highest BCUT2D eigenvalue weighted by Crippen LogP contribution is 2.37. The van der Waals surface area contributed by atoms with E-state index in [1.807, 2.05) is 20.8 Å². The minimum atomic E-state index is -4.95. The average Bonchev–Trinajstić information content (AvgIpc) is 2.78. The summed E-state index contributed by atoms with van der Waals surface area (Å²) in [6, 6.07) is 10.9. The van der Waals surface area contributed by atoms with Crippen LogP contribution in [0.3, 0.4) is 0 Å². The standard InChI is InChI=1S/C25H22F3NO5/c1-15(33-5)21(31)34-22(32)24(14-29,17-12-10-16(11-13-17)23(2,3)4)20(30)18-8-6-7-9-19(18)25(26,27)28/h6-13H,1H2,2-5H3. The molecule has 9 heteroatoms. The number of carbonyl (C=O) groups excluding carboxylic acids is 3. The fourth-order valence-corrected chi connectivity index (χ4v) is 3.15. The maximum absolute atomic E-state index is 13.6. The molecule has 0 aliphatic carbocycles. The third-order valence-corrected chi connectivity index (χ3v) is 5.13. The van der Waals surface area contributed by atoms with Gasteiger partial charge < -0.3 is 9.47 Å². The van der Waals surface area contributed by atoms with E-state index in [0.717, 1.165) is 30.9 Å². The summed E-state index contributed by atoms with van der Waals surface area (Å²) in [5.41, 5.74) is -5.01. The van der Waals surface area contributed by atoms with Crippen LogP contribution >= 0.6 is 0 Å². The SMILES string of the molecule is C=C(OC)C(=O)OC(=O)C(C#N)(C(=O)c1ccccc1C(F)(F)F)c1ccc(C(C)(C)C)cc1. The average molecular weight is 473 g/mol. The van der Waals surface area contributed by atoms with Gasteiger partial charge in [-0.15, -0.1) is 0 Å². The summed E-state index contributed by atoms with van der Waals surface area (Å²) >= 11 is 0. The predicted molar refractivity (Wildman–Crippen MR) is 115 cm³/mol. The van der Waals surface area contributed by atoms with Gasteiger partial charge >= 0.3 is 18.1 Å². The van der Waals surface area contributed by atoms with E-state index in [1.165, 1.54) is 30.3 Å². The monoisotopic (exact) mass is 473 g/mol. The molecule has 0 aliphatic rings. The highest BCUT2D eigenvalue weighted by Gasteiger charge is 2.53. The summed E-state index contributed by atoms with van der Waals surface area (Å²) in [7, 11) is 1.07. The van der Waals surface area contributed by atoms with Gasteiger partial charge in [0.15, 0.2) is 11.5 Å². The minimum Gasteiger partial charge on any atom is -0.490 e. The lowest BCUT2D eigenvalue weighted by molar-refractivity contribution is -0.160. The quantitative estimate of drug-likeness (QED) is 0.195. The maximum Gasteiger partial charge on any atom is 0.417 e. The van der Waals surface area contributed by atoms with Gasteiger partial charge in [0.05, 0.1) is 18.7 Å².